The maximum absolute atomic E-state index is 5.40. The third-order valence-electron chi connectivity index (χ3n) is 4.34. The minimum absolute atomic E-state index is 0.907. The van der Waals surface area contributed by atoms with E-state index in [2.05, 4.69) is 61.0 Å². The van der Waals surface area contributed by atoms with Gasteiger partial charge in [0, 0.05) is 23.5 Å². The highest BCUT2D eigenvalue weighted by molar-refractivity contribution is 5.92. The van der Waals surface area contributed by atoms with Gasteiger partial charge in [0.2, 0.25) is 0 Å². The van der Waals surface area contributed by atoms with Gasteiger partial charge in [0.25, 0.3) is 0 Å². The molecule has 0 aliphatic rings. The molecule has 3 aromatic rings. The summed E-state index contributed by atoms with van der Waals surface area (Å²) >= 11 is 0. The molecule has 0 spiro atoms. The monoisotopic (exact) mass is 293 g/mol. The molecule has 0 saturated carbocycles. The molecule has 0 aliphatic heterocycles. The molecular weight excluding hydrogens is 270 g/mol. The van der Waals surface area contributed by atoms with Crippen molar-refractivity contribution in [2.24, 2.45) is 7.05 Å². The van der Waals surface area contributed by atoms with Gasteiger partial charge in [-0.2, -0.15) is 0 Å². The van der Waals surface area contributed by atoms with E-state index in [9.17, 15) is 0 Å². The lowest BCUT2D eigenvalue weighted by molar-refractivity contribution is 0.415. The van der Waals surface area contributed by atoms with Crippen LogP contribution in [0.15, 0.2) is 48.5 Å². The van der Waals surface area contributed by atoms with Crippen LogP contribution in [-0.4, -0.2) is 11.7 Å². The Morgan fingerprint density at radius 1 is 1.05 bits per heavy atom. The molecule has 0 unspecified atom stereocenters. The molecule has 0 radical (unpaired) electrons. The number of unbranched alkanes of at least 4 members (excludes halogenated alkanes) is 1. The Labute approximate surface area is 132 Å². The fraction of sp³-hybridized carbons (Fsp3) is 0.300. The first-order valence-electron chi connectivity index (χ1n) is 7.97. The predicted molar refractivity (Wildman–Crippen MR) is 93.5 cm³/mol. The van der Waals surface area contributed by atoms with E-state index in [-0.39, 0.29) is 0 Å². The van der Waals surface area contributed by atoms with Crippen LogP contribution in [0.25, 0.3) is 22.2 Å². The van der Waals surface area contributed by atoms with Crippen LogP contribution in [0.1, 0.15) is 25.3 Å². The first-order chi connectivity index (χ1) is 10.8. The molecule has 2 nitrogen and oxygen atoms in total. The van der Waals surface area contributed by atoms with E-state index >= 15 is 0 Å². The van der Waals surface area contributed by atoms with E-state index in [0.717, 1.165) is 12.2 Å². The second kappa shape index (κ2) is 6.27. The molecule has 22 heavy (non-hydrogen) atoms. The van der Waals surface area contributed by atoms with Crippen molar-refractivity contribution in [1.29, 1.82) is 0 Å². The number of aromatic nitrogens is 1. The zero-order valence-corrected chi connectivity index (χ0v) is 13.6. The lowest BCUT2D eigenvalue weighted by Crippen LogP contribution is -1.95. The molecular formula is C20H23NO. The van der Waals surface area contributed by atoms with Gasteiger partial charge in [0.15, 0.2) is 0 Å². The second-order valence-corrected chi connectivity index (χ2v) is 5.74. The van der Waals surface area contributed by atoms with Crippen molar-refractivity contribution in [3.63, 3.8) is 0 Å². The number of nitrogens with zero attached hydrogens (tertiary/aromatic N) is 1. The summed E-state index contributed by atoms with van der Waals surface area (Å²) in [5.74, 6) is 0.907. The molecule has 2 heteroatoms. The third-order valence-corrected chi connectivity index (χ3v) is 4.34. The van der Waals surface area contributed by atoms with Crippen molar-refractivity contribution in [2.45, 2.75) is 26.2 Å². The minimum Gasteiger partial charge on any atom is -0.497 e. The van der Waals surface area contributed by atoms with Gasteiger partial charge in [0.1, 0.15) is 5.75 Å². The number of hydrogen-bond acceptors (Lipinski definition) is 1. The number of rotatable bonds is 5. The van der Waals surface area contributed by atoms with Gasteiger partial charge in [0.05, 0.1) is 12.8 Å². The van der Waals surface area contributed by atoms with Crippen molar-refractivity contribution in [2.75, 3.05) is 7.11 Å². The van der Waals surface area contributed by atoms with Crippen LogP contribution in [0.3, 0.4) is 0 Å². The number of methoxy groups -OCH3 is 1. The van der Waals surface area contributed by atoms with Gasteiger partial charge in [-0.1, -0.05) is 43.7 Å². The molecule has 0 amide bonds. The van der Waals surface area contributed by atoms with Gasteiger partial charge >= 0.3 is 0 Å². The minimum atomic E-state index is 0.907. The number of ether oxygens (including phenoxy) is 1. The fourth-order valence-electron chi connectivity index (χ4n) is 3.22. The zero-order chi connectivity index (χ0) is 15.5. The first-order valence-corrected chi connectivity index (χ1v) is 7.97. The Morgan fingerprint density at radius 3 is 2.64 bits per heavy atom. The summed E-state index contributed by atoms with van der Waals surface area (Å²) < 4.78 is 7.72. The summed E-state index contributed by atoms with van der Waals surface area (Å²) in [6.07, 6.45) is 3.54. The van der Waals surface area contributed by atoms with Gasteiger partial charge < -0.3 is 9.30 Å². The highest BCUT2D eigenvalue weighted by Crippen LogP contribution is 2.35. The summed E-state index contributed by atoms with van der Waals surface area (Å²) in [6, 6.07) is 17.1. The summed E-state index contributed by atoms with van der Waals surface area (Å²) in [6.45, 7) is 2.25. The van der Waals surface area contributed by atoms with Crippen LogP contribution in [0.4, 0.5) is 0 Å². The van der Waals surface area contributed by atoms with E-state index in [0.29, 0.717) is 0 Å². The standard InChI is InChI=1S/C20H23NO/c1-4-5-11-18-17-12-6-7-13-19(17)21(2)20(18)15-9-8-10-16(14-15)22-3/h6-10,12-14H,4-5,11H2,1-3H3. The molecule has 1 heterocycles. The summed E-state index contributed by atoms with van der Waals surface area (Å²) in [5.41, 5.74) is 5.29. The Hall–Kier alpha value is -2.22. The largest absolute Gasteiger partial charge is 0.497 e. The quantitative estimate of drug-likeness (QED) is 0.631. The number of benzene rings is 2. The first kappa shape index (κ1) is 14.7. The maximum Gasteiger partial charge on any atom is 0.119 e. The van der Waals surface area contributed by atoms with Crippen molar-refractivity contribution in [3.8, 4) is 17.0 Å². The maximum atomic E-state index is 5.40. The van der Waals surface area contributed by atoms with E-state index in [1.54, 1.807) is 7.11 Å². The third kappa shape index (κ3) is 2.50. The van der Waals surface area contributed by atoms with Crippen molar-refractivity contribution in [1.82, 2.24) is 4.57 Å². The van der Waals surface area contributed by atoms with Gasteiger partial charge in [-0.25, -0.2) is 0 Å². The number of fused-ring (bicyclic) bond motifs is 1. The molecule has 114 valence electrons. The van der Waals surface area contributed by atoms with E-state index in [4.69, 9.17) is 4.74 Å². The van der Waals surface area contributed by atoms with E-state index in [1.165, 1.54) is 40.6 Å². The van der Waals surface area contributed by atoms with Gasteiger partial charge in [-0.05, 0) is 36.6 Å². The molecule has 0 N–H and O–H groups in total. The van der Waals surface area contributed by atoms with E-state index < -0.39 is 0 Å². The van der Waals surface area contributed by atoms with Crippen LogP contribution in [0.2, 0.25) is 0 Å². The highest BCUT2D eigenvalue weighted by Gasteiger charge is 2.16. The molecule has 0 fully saturated rings. The molecule has 0 bridgehead atoms. The Bertz CT molecular complexity index is 786. The van der Waals surface area contributed by atoms with Crippen LogP contribution in [0.5, 0.6) is 5.75 Å². The van der Waals surface area contributed by atoms with Gasteiger partial charge in [-0.3, -0.25) is 0 Å². The van der Waals surface area contributed by atoms with E-state index in [1.807, 2.05) is 6.07 Å². The summed E-state index contributed by atoms with van der Waals surface area (Å²) in [7, 11) is 3.88. The predicted octanol–water partition coefficient (Wildman–Crippen LogP) is 5.20. The average Bonchev–Trinajstić information content (AvgIpc) is 2.85. The lowest BCUT2D eigenvalue weighted by atomic mass is 10.0. The molecule has 0 atom stereocenters. The Morgan fingerprint density at radius 2 is 1.86 bits per heavy atom. The van der Waals surface area contributed by atoms with Crippen molar-refractivity contribution in [3.05, 3.63) is 54.1 Å². The van der Waals surface area contributed by atoms with Crippen LogP contribution in [0, 0.1) is 0 Å². The SMILES string of the molecule is CCCCc1c(-c2cccc(OC)c2)n(C)c2ccccc12. The lowest BCUT2D eigenvalue weighted by Gasteiger charge is -2.10. The zero-order valence-electron chi connectivity index (χ0n) is 13.6. The number of para-hydroxylation sites is 1. The van der Waals surface area contributed by atoms with Gasteiger partial charge in [-0.15, -0.1) is 0 Å². The molecule has 3 rings (SSSR count). The highest BCUT2D eigenvalue weighted by atomic mass is 16.5. The Kier molecular flexibility index (Phi) is 4.19. The van der Waals surface area contributed by atoms with Crippen LogP contribution in [-0.2, 0) is 13.5 Å². The normalized spacial score (nSPS) is 11.0. The van der Waals surface area contributed by atoms with Crippen LogP contribution < -0.4 is 4.74 Å². The smallest absolute Gasteiger partial charge is 0.119 e. The number of hydrogen-bond donors (Lipinski definition) is 0. The summed E-state index contributed by atoms with van der Waals surface area (Å²) in [4.78, 5) is 0. The van der Waals surface area contributed by atoms with Crippen molar-refractivity contribution >= 4 is 10.9 Å². The molecule has 2 aromatic carbocycles. The molecule has 1 aromatic heterocycles. The second-order valence-electron chi connectivity index (χ2n) is 5.74. The summed E-state index contributed by atoms with van der Waals surface area (Å²) in [5, 5.41) is 1.37. The molecule has 0 aliphatic carbocycles. The fourth-order valence-corrected chi connectivity index (χ4v) is 3.22. The number of aryl methyl sites for hydroxylation is 2. The van der Waals surface area contributed by atoms with Crippen molar-refractivity contribution < 1.29 is 4.74 Å². The topological polar surface area (TPSA) is 14.2 Å². The van der Waals surface area contributed by atoms with Crippen LogP contribution >= 0.6 is 0 Å². The molecule has 0 saturated heterocycles. The Balaban J connectivity index is 2.24. The average molecular weight is 293 g/mol.